The number of amides is 1. The Balaban J connectivity index is 3.24. The van der Waals surface area contributed by atoms with Crippen LogP contribution in [0.4, 0.5) is 0 Å². The summed E-state index contributed by atoms with van der Waals surface area (Å²) in [6, 6.07) is -0.527. The third-order valence-electron chi connectivity index (χ3n) is 11.3. The highest BCUT2D eigenvalue weighted by atomic mass is 16.3. The molecule has 52 heavy (non-hydrogen) atoms. The molecule has 0 saturated heterocycles. The van der Waals surface area contributed by atoms with Gasteiger partial charge in [-0.25, -0.2) is 0 Å². The van der Waals surface area contributed by atoms with E-state index in [-0.39, 0.29) is 12.5 Å². The van der Waals surface area contributed by atoms with Crippen LogP contribution in [-0.2, 0) is 4.79 Å². The number of carbonyl (C=O) groups is 1. The third-order valence-corrected chi connectivity index (χ3v) is 11.3. The van der Waals surface area contributed by atoms with E-state index in [1.165, 1.54) is 212 Å². The Hall–Kier alpha value is -0.870. The van der Waals surface area contributed by atoms with Gasteiger partial charge in [0.25, 0.3) is 0 Å². The van der Waals surface area contributed by atoms with Crippen LogP contribution in [0.5, 0.6) is 0 Å². The van der Waals surface area contributed by atoms with Gasteiger partial charge in [0.15, 0.2) is 0 Å². The van der Waals surface area contributed by atoms with Gasteiger partial charge in [-0.2, -0.15) is 0 Å². The van der Waals surface area contributed by atoms with Crippen molar-refractivity contribution in [2.75, 3.05) is 6.61 Å². The summed E-state index contributed by atoms with van der Waals surface area (Å²) < 4.78 is 0. The van der Waals surface area contributed by atoms with Crippen molar-refractivity contribution < 1.29 is 15.0 Å². The predicted octanol–water partition coefficient (Wildman–Crippen LogP) is 15.0. The second-order valence-electron chi connectivity index (χ2n) is 16.5. The van der Waals surface area contributed by atoms with E-state index in [9.17, 15) is 15.0 Å². The van der Waals surface area contributed by atoms with Gasteiger partial charge < -0.3 is 15.5 Å². The van der Waals surface area contributed by atoms with Gasteiger partial charge in [-0.3, -0.25) is 4.79 Å². The molecule has 310 valence electrons. The lowest BCUT2D eigenvalue weighted by atomic mass is 10.0. The van der Waals surface area contributed by atoms with Crippen molar-refractivity contribution in [3.05, 3.63) is 12.2 Å². The average Bonchev–Trinajstić information content (AvgIpc) is 3.15. The van der Waals surface area contributed by atoms with E-state index in [0.717, 1.165) is 32.1 Å². The number of hydrogen-bond donors (Lipinski definition) is 3. The molecule has 2 unspecified atom stereocenters. The summed E-state index contributed by atoms with van der Waals surface area (Å²) in [5.41, 5.74) is 0. The number of nitrogens with one attached hydrogen (secondary N) is 1. The van der Waals surface area contributed by atoms with Crippen molar-refractivity contribution in [1.29, 1.82) is 0 Å². The van der Waals surface area contributed by atoms with E-state index < -0.39 is 12.1 Å². The molecule has 0 bridgehead atoms. The maximum absolute atomic E-state index is 12.2. The molecule has 3 N–H and O–H groups in total. The first-order valence-corrected chi connectivity index (χ1v) is 23.9. The van der Waals surface area contributed by atoms with E-state index in [0.29, 0.717) is 12.8 Å². The van der Waals surface area contributed by atoms with Crippen LogP contribution < -0.4 is 5.32 Å². The molecule has 4 heteroatoms. The van der Waals surface area contributed by atoms with Gasteiger partial charge in [0.05, 0.1) is 18.8 Å². The number of hydrogen-bond acceptors (Lipinski definition) is 3. The molecule has 1 amide bonds. The van der Waals surface area contributed by atoms with E-state index in [1.54, 1.807) is 0 Å². The molecule has 0 aliphatic heterocycles. The van der Waals surface area contributed by atoms with Gasteiger partial charge in [-0.05, 0) is 38.5 Å². The Morgan fingerprint density at radius 1 is 0.442 bits per heavy atom. The zero-order valence-corrected chi connectivity index (χ0v) is 35.6. The van der Waals surface area contributed by atoms with Gasteiger partial charge in [-0.15, -0.1) is 0 Å². The summed E-state index contributed by atoms with van der Waals surface area (Å²) >= 11 is 0. The lowest BCUT2D eigenvalue weighted by molar-refractivity contribution is -0.123. The quantitative estimate of drug-likeness (QED) is 0.0431. The largest absolute Gasteiger partial charge is 0.394 e. The van der Waals surface area contributed by atoms with Crippen molar-refractivity contribution in [2.24, 2.45) is 0 Å². The van der Waals surface area contributed by atoms with Gasteiger partial charge >= 0.3 is 0 Å². The Bertz CT molecular complexity index is 710. The molecular weight excluding hydrogens is 639 g/mol. The fourth-order valence-corrected chi connectivity index (χ4v) is 7.59. The van der Waals surface area contributed by atoms with E-state index in [2.05, 4.69) is 31.3 Å². The van der Waals surface area contributed by atoms with E-state index >= 15 is 0 Å². The highest BCUT2D eigenvalue weighted by Gasteiger charge is 2.19. The zero-order chi connectivity index (χ0) is 37.8. The first-order valence-electron chi connectivity index (χ1n) is 23.9. The summed E-state index contributed by atoms with van der Waals surface area (Å²) in [6.45, 7) is 4.23. The minimum absolute atomic E-state index is 0.0383. The van der Waals surface area contributed by atoms with Crippen LogP contribution in [0, 0.1) is 0 Å². The number of allylic oxidation sites excluding steroid dienone is 2. The average molecular weight is 734 g/mol. The zero-order valence-electron chi connectivity index (χ0n) is 35.6. The maximum Gasteiger partial charge on any atom is 0.220 e. The number of unbranched alkanes of at least 4 members (excludes halogenated alkanes) is 35. The number of aliphatic hydroxyl groups excluding tert-OH is 2. The topological polar surface area (TPSA) is 69.6 Å². The highest BCUT2D eigenvalue weighted by molar-refractivity contribution is 5.76. The summed E-state index contributed by atoms with van der Waals surface area (Å²) in [5.74, 6) is -0.0383. The summed E-state index contributed by atoms with van der Waals surface area (Å²) in [5, 5.41) is 22.6. The van der Waals surface area contributed by atoms with Crippen LogP contribution in [0.25, 0.3) is 0 Å². The SMILES string of the molecule is CCCCCCCCCC/C=C\CCCCCCCCCCCCCCCCCCCCCCCCCCCC(=O)NC(CO)C(O)CCCCC. The standard InChI is InChI=1S/C48H95NO3/c1-3-5-7-8-9-10-11-12-13-14-15-16-17-18-19-20-21-22-23-24-25-26-27-28-29-30-31-32-33-34-35-36-37-38-39-40-42-44-48(52)49-46(45-50)47(51)43-41-6-4-2/h14-15,46-47,50-51H,3-13,16-45H2,1-2H3,(H,49,52)/b15-14-. The Labute approximate surface area is 327 Å². The van der Waals surface area contributed by atoms with Crippen LogP contribution in [0.2, 0.25) is 0 Å². The molecule has 0 aliphatic rings. The summed E-state index contributed by atoms with van der Waals surface area (Å²) in [6.07, 6.45) is 56.9. The van der Waals surface area contributed by atoms with Gasteiger partial charge in [0.2, 0.25) is 5.91 Å². The molecule has 0 aromatic carbocycles. The second-order valence-corrected chi connectivity index (χ2v) is 16.5. The van der Waals surface area contributed by atoms with Crippen LogP contribution in [0.1, 0.15) is 271 Å². The summed E-state index contributed by atoms with van der Waals surface area (Å²) in [4.78, 5) is 12.2. The lowest BCUT2D eigenvalue weighted by Crippen LogP contribution is -2.45. The maximum atomic E-state index is 12.2. The fourth-order valence-electron chi connectivity index (χ4n) is 7.59. The molecule has 0 spiro atoms. The molecular formula is C48H95NO3. The number of rotatable bonds is 44. The van der Waals surface area contributed by atoms with Crippen molar-refractivity contribution in [3.63, 3.8) is 0 Å². The Kier molecular flexibility index (Phi) is 43.8. The van der Waals surface area contributed by atoms with Gasteiger partial charge in [0, 0.05) is 6.42 Å². The molecule has 0 heterocycles. The molecule has 0 aromatic heterocycles. The smallest absolute Gasteiger partial charge is 0.220 e. The molecule has 0 aliphatic carbocycles. The lowest BCUT2D eigenvalue weighted by Gasteiger charge is -2.22. The van der Waals surface area contributed by atoms with Crippen molar-refractivity contribution in [1.82, 2.24) is 5.32 Å². The minimum Gasteiger partial charge on any atom is -0.394 e. The molecule has 0 fully saturated rings. The fraction of sp³-hybridized carbons (Fsp3) is 0.938. The predicted molar refractivity (Wildman–Crippen MR) is 230 cm³/mol. The first-order chi connectivity index (χ1) is 25.7. The van der Waals surface area contributed by atoms with Gasteiger partial charge in [0.1, 0.15) is 0 Å². The van der Waals surface area contributed by atoms with Crippen molar-refractivity contribution >= 4 is 5.91 Å². The monoisotopic (exact) mass is 734 g/mol. The van der Waals surface area contributed by atoms with Crippen LogP contribution in [0.15, 0.2) is 12.2 Å². The summed E-state index contributed by atoms with van der Waals surface area (Å²) in [7, 11) is 0. The molecule has 4 nitrogen and oxygen atoms in total. The first kappa shape index (κ1) is 51.1. The number of carbonyl (C=O) groups excluding carboxylic acids is 1. The van der Waals surface area contributed by atoms with E-state index in [1.807, 2.05) is 0 Å². The van der Waals surface area contributed by atoms with Crippen molar-refractivity contribution in [2.45, 2.75) is 283 Å². The number of aliphatic hydroxyl groups is 2. The molecule has 0 rings (SSSR count). The molecule has 2 atom stereocenters. The van der Waals surface area contributed by atoms with Crippen molar-refractivity contribution in [3.8, 4) is 0 Å². The third kappa shape index (κ3) is 40.3. The molecule has 0 aromatic rings. The van der Waals surface area contributed by atoms with Crippen LogP contribution in [-0.4, -0.2) is 34.9 Å². The van der Waals surface area contributed by atoms with E-state index in [4.69, 9.17) is 0 Å². The molecule has 0 radical (unpaired) electrons. The Morgan fingerprint density at radius 2 is 0.731 bits per heavy atom. The normalized spacial score (nSPS) is 12.9. The van der Waals surface area contributed by atoms with Crippen LogP contribution in [0.3, 0.4) is 0 Å². The second kappa shape index (κ2) is 44.5. The van der Waals surface area contributed by atoms with Gasteiger partial charge in [-0.1, -0.05) is 238 Å². The highest BCUT2D eigenvalue weighted by Crippen LogP contribution is 2.17. The Morgan fingerprint density at radius 3 is 1.06 bits per heavy atom. The van der Waals surface area contributed by atoms with Crippen LogP contribution >= 0.6 is 0 Å². The minimum atomic E-state index is -0.651. The molecule has 0 saturated carbocycles.